The molecule has 2 N–H and O–H groups in total. The minimum absolute atomic E-state index is 0.0289. The van der Waals surface area contributed by atoms with Gasteiger partial charge >= 0.3 is 0 Å². The third kappa shape index (κ3) is 3.64. The number of alkyl halides is 1. The summed E-state index contributed by atoms with van der Waals surface area (Å²) in [4.78, 5) is 25.2. The molecule has 4 rings (SSSR count). The van der Waals surface area contributed by atoms with Crippen LogP contribution in [0.3, 0.4) is 0 Å². The Morgan fingerprint density at radius 1 is 1.33 bits per heavy atom. The van der Waals surface area contributed by atoms with Crippen molar-refractivity contribution in [1.82, 2.24) is 14.3 Å². The SMILES string of the molecule is C=S1(=O)N(C)C(N)=N[C@](C)(c2cc(CC(=O)c3cnc(OCCF)cn3)ccc2F)C12CC2. The molecule has 1 fully saturated rings. The van der Waals surface area contributed by atoms with Crippen molar-refractivity contribution in [3.05, 3.63) is 53.2 Å². The molecule has 1 aromatic heterocycles. The lowest BCUT2D eigenvalue weighted by Crippen LogP contribution is -2.58. The molecule has 0 saturated heterocycles. The maximum Gasteiger partial charge on any atom is 0.232 e. The van der Waals surface area contributed by atoms with E-state index in [4.69, 9.17) is 10.5 Å². The predicted octanol–water partition coefficient (Wildman–Crippen LogP) is 2.03. The molecule has 1 aliphatic carbocycles. The number of ether oxygens (including phenoxy) is 1. The first-order valence-corrected chi connectivity index (χ1v) is 12.0. The maximum atomic E-state index is 15.1. The Bertz CT molecular complexity index is 1230. The van der Waals surface area contributed by atoms with Crippen LogP contribution in [-0.2, 0) is 21.7 Å². The fourth-order valence-electron chi connectivity index (χ4n) is 4.36. The topological polar surface area (TPSA) is 111 Å². The first-order valence-electron chi connectivity index (χ1n) is 10.3. The van der Waals surface area contributed by atoms with Crippen molar-refractivity contribution in [3.63, 3.8) is 0 Å². The van der Waals surface area contributed by atoms with Gasteiger partial charge in [-0.3, -0.25) is 9.10 Å². The molecular formula is C22H25F2N5O3S. The number of nitrogens with zero attached hydrogens (tertiary/aromatic N) is 4. The highest BCUT2D eigenvalue weighted by molar-refractivity contribution is 8.00. The van der Waals surface area contributed by atoms with Crippen molar-refractivity contribution in [1.29, 1.82) is 0 Å². The molecule has 11 heteroatoms. The summed E-state index contributed by atoms with van der Waals surface area (Å²) in [5.41, 5.74) is 5.70. The summed E-state index contributed by atoms with van der Waals surface area (Å²) in [6, 6.07) is 4.35. The quantitative estimate of drug-likeness (QED) is 0.483. The lowest BCUT2D eigenvalue weighted by Gasteiger charge is -2.45. The van der Waals surface area contributed by atoms with E-state index in [0.717, 1.165) is 0 Å². The van der Waals surface area contributed by atoms with Gasteiger partial charge in [-0.05, 0) is 43.3 Å². The smallest absolute Gasteiger partial charge is 0.232 e. The Balaban J connectivity index is 1.64. The third-order valence-corrected chi connectivity index (χ3v) is 9.56. The van der Waals surface area contributed by atoms with Gasteiger partial charge in [0.05, 0.1) is 26.8 Å². The fourth-order valence-corrected chi connectivity index (χ4v) is 6.74. The van der Waals surface area contributed by atoms with Crippen LogP contribution in [0.1, 0.15) is 41.4 Å². The van der Waals surface area contributed by atoms with Crippen molar-refractivity contribution in [2.75, 3.05) is 20.3 Å². The highest BCUT2D eigenvalue weighted by atomic mass is 32.2. The molecule has 2 aliphatic rings. The molecule has 1 aromatic carbocycles. The number of carbonyl (C=O) groups is 1. The van der Waals surface area contributed by atoms with E-state index in [-0.39, 0.29) is 41.9 Å². The second-order valence-electron chi connectivity index (χ2n) is 8.37. The zero-order chi connectivity index (χ0) is 24.0. The van der Waals surface area contributed by atoms with E-state index in [0.29, 0.717) is 18.4 Å². The summed E-state index contributed by atoms with van der Waals surface area (Å²) < 4.78 is 46.4. The molecule has 0 amide bonds. The molecule has 0 radical (unpaired) electrons. The van der Waals surface area contributed by atoms with Crippen molar-refractivity contribution in [2.45, 2.75) is 36.5 Å². The number of rotatable bonds is 7. The van der Waals surface area contributed by atoms with E-state index in [1.165, 1.54) is 28.8 Å². The average molecular weight is 478 g/mol. The zero-order valence-corrected chi connectivity index (χ0v) is 19.2. The second-order valence-corrected chi connectivity index (χ2v) is 11.0. The van der Waals surface area contributed by atoms with Gasteiger partial charge in [0.2, 0.25) is 11.8 Å². The number of hydrogen-bond donors (Lipinski definition) is 1. The van der Waals surface area contributed by atoms with E-state index in [9.17, 15) is 13.4 Å². The molecule has 2 aromatic rings. The largest absolute Gasteiger partial charge is 0.474 e. The molecule has 33 heavy (non-hydrogen) atoms. The van der Waals surface area contributed by atoms with Gasteiger partial charge in [-0.15, -0.1) is 0 Å². The Kier molecular flexibility index (Phi) is 5.63. The Morgan fingerprint density at radius 2 is 2.06 bits per heavy atom. The van der Waals surface area contributed by atoms with Crippen LogP contribution in [0.4, 0.5) is 8.78 Å². The summed E-state index contributed by atoms with van der Waals surface area (Å²) in [5.74, 6) is 3.22. The van der Waals surface area contributed by atoms with Crippen LogP contribution in [-0.4, -0.2) is 61.2 Å². The molecular weight excluding hydrogens is 452 g/mol. The van der Waals surface area contributed by atoms with Crippen LogP contribution < -0.4 is 10.5 Å². The average Bonchev–Trinajstić information content (AvgIpc) is 3.61. The monoisotopic (exact) mass is 477 g/mol. The minimum atomic E-state index is -2.85. The summed E-state index contributed by atoms with van der Waals surface area (Å²) in [6.45, 7) is 0.907. The lowest BCUT2D eigenvalue weighted by molar-refractivity contribution is 0.0987. The van der Waals surface area contributed by atoms with Crippen LogP contribution in [0.5, 0.6) is 5.88 Å². The molecule has 0 bridgehead atoms. The molecule has 176 valence electrons. The first kappa shape index (κ1) is 23.1. The summed E-state index contributed by atoms with van der Waals surface area (Å²) in [6.07, 6.45) is 3.58. The number of carbonyl (C=O) groups excluding carboxylic acids is 1. The van der Waals surface area contributed by atoms with Gasteiger partial charge in [-0.25, -0.2) is 28.0 Å². The number of guanidine groups is 1. The van der Waals surface area contributed by atoms with E-state index < -0.39 is 32.5 Å². The van der Waals surface area contributed by atoms with Crippen molar-refractivity contribution < 1.29 is 22.5 Å². The van der Waals surface area contributed by atoms with Crippen LogP contribution >= 0.6 is 0 Å². The van der Waals surface area contributed by atoms with Gasteiger partial charge in [-0.1, -0.05) is 6.07 Å². The molecule has 1 unspecified atom stereocenters. The molecule has 1 spiro atoms. The van der Waals surface area contributed by atoms with Crippen molar-refractivity contribution in [3.8, 4) is 5.88 Å². The number of aliphatic imine (C=N–C) groups is 1. The summed E-state index contributed by atoms with van der Waals surface area (Å²) in [5, 5.41) is 0. The highest BCUT2D eigenvalue weighted by Gasteiger charge is 2.67. The number of halogens is 2. The first-order chi connectivity index (χ1) is 15.6. The number of aromatic nitrogens is 2. The number of benzene rings is 1. The van der Waals surface area contributed by atoms with E-state index >= 15 is 4.39 Å². The van der Waals surface area contributed by atoms with Gasteiger partial charge in [0, 0.05) is 19.0 Å². The van der Waals surface area contributed by atoms with E-state index in [1.54, 1.807) is 20.0 Å². The van der Waals surface area contributed by atoms with Crippen molar-refractivity contribution >= 4 is 27.3 Å². The molecule has 8 nitrogen and oxygen atoms in total. The number of Topliss-reactive ketones (excluding diaryl/α,β-unsaturated/α-hetero) is 1. The van der Waals surface area contributed by atoms with Crippen LogP contribution in [0, 0.1) is 5.82 Å². The zero-order valence-electron chi connectivity index (χ0n) is 18.4. The van der Waals surface area contributed by atoms with Crippen molar-refractivity contribution in [2.24, 2.45) is 10.7 Å². The molecule has 1 saturated carbocycles. The van der Waals surface area contributed by atoms with Gasteiger partial charge < -0.3 is 10.5 Å². The Morgan fingerprint density at radius 3 is 2.67 bits per heavy atom. The molecule has 2 heterocycles. The Hall–Kier alpha value is -3.08. The summed E-state index contributed by atoms with van der Waals surface area (Å²) in [7, 11) is -1.27. The summed E-state index contributed by atoms with van der Waals surface area (Å²) >= 11 is 0. The molecule has 2 atom stereocenters. The minimum Gasteiger partial charge on any atom is -0.474 e. The van der Waals surface area contributed by atoms with Crippen LogP contribution in [0.15, 0.2) is 35.6 Å². The van der Waals surface area contributed by atoms with E-state index in [2.05, 4.69) is 20.8 Å². The van der Waals surface area contributed by atoms with Gasteiger partial charge in [0.15, 0.2) is 5.78 Å². The number of ketones is 1. The fraction of sp³-hybridized carbons (Fsp3) is 0.409. The third-order valence-electron chi connectivity index (χ3n) is 6.47. The van der Waals surface area contributed by atoms with E-state index in [1.807, 2.05) is 0 Å². The highest BCUT2D eigenvalue weighted by Crippen LogP contribution is 2.60. The lowest BCUT2D eigenvalue weighted by atomic mass is 9.85. The van der Waals surface area contributed by atoms with Gasteiger partial charge in [0.1, 0.15) is 30.3 Å². The maximum absolute atomic E-state index is 15.1. The van der Waals surface area contributed by atoms with Gasteiger partial charge in [-0.2, -0.15) is 0 Å². The van der Waals surface area contributed by atoms with Gasteiger partial charge in [0.25, 0.3) is 0 Å². The second kappa shape index (κ2) is 8.05. The predicted molar refractivity (Wildman–Crippen MR) is 122 cm³/mol. The standard InChI is InChI=1S/C22H25F2N5O3S/c1-21(22(6-7-22)33(3,31)29(2)20(25)28-21)15-10-14(4-5-16(15)24)11-18(30)17-12-27-19(13-26-17)32-9-8-23/h4-5,10,12-13H,3,6-9,11H2,1-2H3,(H2,25,28)/t21-,33?/m1/s1. The molecule has 1 aliphatic heterocycles. The normalized spacial score (nSPS) is 25.6. The van der Waals surface area contributed by atoms with Crippen LogP contribution in [0.25, 0.3) is 0 Å². The number of hydrogen-bond acceptors (Lipinski definition) is 7. The number of nitrogens with two attached hydrogens (primary N) is 1. The van der Waals surface area contributed by atoms with Crippen LogP contribution in [0.2, 0.25) is 0 Å². The Labute approximate surface area is 191 Å².